The molecule has 3 atom stereocenters. The summed E-state index contributed by atoms with van der Waals surface area (Å²) in [6, 6.07) is 2.40. The van der Waals surface area contributed by atoms with Crippen molar-refractivity contribution >= 4 is 41.0 Å². The van der Waals surface area contributed by atoms with Gasteiger partial charge in [-0.05, 0) is 49.0 Å². The number of rotatable bonds is 6. The number of allylic oxidation sites excluding steroid dienone is 1. The van der Waals surface area contributed by atoms with Crippen LogP contribution in [0.5, 0.6) is 0 Å². The lowest BCUT2D eigenvalue weighted by atomic mass is 9.85. The van der Waals surface area contributed by atoms with Gasteiger partial charge in [-0.25, -0.2) is 0 Å². The molecule has 0 aliphatic carbocycles. The minimum atomic E-state index is -0.883. The number of hydrogen-bond donors (Lipinski definition) is 3. The molecule has 2 fully saturated rings. The molecule has 3 amide bonds. The highest BCUT2D eigenvalue weighted by Crippen LogP contribution is 2.28. The van der Waals surface area contributed by atoms with Crippen LogP contribution >= 0.6 is 11.6 Å². The third-order valence-corrected chi connectivity index (χ3v) is 6.48. The number of likely N-dealkylation sites (tertiary alicyclic amines) is 1. The Morgan fingerprint density at radius 3 is 2.66 bits per heavy atom. The number of esters is 1. The van der Waals surface area contributed by atoms with E-state index in [1.807, 2.05) is 27.7 Å². The zero-order valence-corrected chi connectivity index (χ0v) is 21.3. The zero-order valence-electron chi connectivity index (χ0n) is 20.5. The zero-order chi connectivity index (χ0) is 25.9. The number of nitrogens with two attached hydrogens (primary N) is 1. The molecule has 190 valence electrons. The van der Waals surface area contributed by atoms with Crippen molar-refractivity contribution in [1.29, 1.82) is 0 Å². The lowest BCUT2D eigenvalue weighted by Crippen LogP contribution is -2.58. The molecule has 2 aliphatic heterocycles. The van der Waals surface area contributed by atoms with Crippen molar-refractivity contribution in [2.45, 2.75) is 71.5 Å². The van der Waals surface area contributed by atoms with Gasteiger partial charge in [0.15, 0.2) is 0 Å². The number of cyclic esters (lactones) is 1. The Bertz CT molecular complexity index is 1050. The lowest BCUT2D eigenvalue weighted by molar-refractivity contribution is -0.142. The van der Waals surface area contributed by atoms with Crippen molar-refractivity contribution in [3.8, 4) is 0 Å². The molecule has 9 nitrogen and oxygen atoms in total. The Morgan fingerprint density at radius 2 is 2.03 bits per heavy atom. The van der Waals surface area contributed by atoms with Gasteiger partial charge >= 0.3 is 5.97 Å². The summed E-state index contributed by atoms with van der Waals surface area (Å²) in [4.78, 5) is 53.0. The van der Waals surface area contributed by atoms with Crippen LogP contribution in [0, 0.1) is 5.41 Å². The molecule has 2 saturated heterocycles. The average Bonchev–Trinajstić information content (AvgIpc) is 3.39. The van der Waals surface area contributed by atoms with Crippen LogP contribution in [0.25, 0.3) is 0 Å². The van der Waals surface area contributed by atoms with Crippen molar-refractivity contribution in [3.05, 3.63) is 40.6 Å². The first kappa shape index (κ1) is 26.5. The molecule has 2 unspecified atom stereocenters. The third-order valence-electron chi connectivity index (χ3n) is 6.16. The first-order chi connectivity index (χ1) is 16.4. The van der Waals surface area contributed by atoms with Crippen LogP contribution < -0.4 is 16.4 Å². The molecule has 0 radical (unpaired) electrons. The fourth-order valence-electron chi connectivity index (χ4n) is 4.29. The van der Waals surface area contributed by atoms with Crippen molar-refractivity contribution in [1.82, 2.24) is 15.5 Å². The van der Waals surface area contributed by atoms with Crippen LogP contribution in [0.15, 0.2) is 30.0 Å². The van der Waals surface area contributed by atoms with Crippen LogP contribution in [-0.4, -0.2) is 53.3 Å². The van der Waals surface area contributed by atoms with Crippen LogP contribution in [-0.2, 0) is 19.1 Å². The van der Waals surface area contributed by atoms with Crippen LogP contribution in [0.3, 0.4) is 0 Å². The summed E-state index contributed by atoms with van der Waals surface area (Å²) in [5.41, 5.74) is 5.74. The van der Waals surface area contributed by atoms with E-state index in [0.29, 0.717) is 37.3 Å². The van der Waals surface area contributed by atoms with Gasteiger partial charge in [0.05, 0.1) is 23.2 Å². The highest BCUT2D eigenvalue weighted by Gasteiger charge is 2.43. The van der Waals surface area contributed by atoms with Crippen molar-refractivity contribution in [2.24, 2.45) is 5.41 Å². The van der Waals surface area contributed by atoms with Crippen LogP contribution in [0.2, 0.25) is 5.02 Å². The maximum Gasteiger partial charge on any atom is 0.313 e. The maximum atomic E-state index is 13.6. The monoisotopic (exact) mass is 504 g/mol. The molecule has 3 rings (SSSR count). The van der Waals surface area contributed by atoms with E-state index in [-0.39, 0.29) is 28.8 Å². The van der Waals surface area contributed by atoms with Crippen LogP contribution in [0.1, 0.15) is 63.7 Å². The molecule has 0 bridgehead atoms. The van der Waals surface area contributed by atoms with E-state index in [9.17, 15) is 19.2 Å². The predicted octanol–water partition coefficient (Wildman–Crippen LogP) is 2.78. The summed E-state index contributed by atoms with van der Waals surface area (Å²) >= 11 is 6.05. The van der Waals surface area contributed by atoms with E-state index in [1.165, 1.54) is 17.0 Å². The Labute approximate surface area is 210 Å². The number of hydrogen-bond acceptors (Lipinski definition) is 6. The van der Waals surface area contributed by atoms with Gasteiger partial charge < -0.3 is 26.0 Å². The van der Waals surface area contributed by atoms with E-state index in [1.54, 1.807) is 12.1 Å². The Kier molecular flexibility index (Phi) is 8.10. The molecule has 1 aromatic rings. The van der Waals surface area contributed by atoms with Crippen LogP contribution in [0.4, 0.5) is 5.69 Å². The van der Waals surface area contributed by atoms with Crippen molar-refractivity contribution < 1.29 is 23.9 Å². The fourth-order valence-corrected chi connectivity index (χ4v) is 4.47. The molecule has 35 heavy (non-hydrogen) atoms. The van der Waals surface area contributed by atoms with E-state index in [4.69, 9.17) is 22.1 Å². The predicted molar refractivity (Wildman–Crippen MR) is 132 cm³/mol. The van der Waals surface area contributed by atoms with E-state index in [2.05, 4.69) is 10.6 Å². The Balaban J connectivity index is 1.76. The van der Waals surface area contributed by atoms with E-state index < -0.39 is 35.4 Å². The second-order valence-electron chi connectivity index (χ2n) is 9.95. The SMILES string of the molecule is CC/C=C1\OC(=O)CC1NC(=O)C1CCCN1C(=O)[C@@H](NC(=O)c1ccc(N)c(Cl)c1)C(C)(C)C. The fraction of sp³-hybridized carbons (Fsp3) is 0.520. The number of halogens is 1. The van der Waals surface area contributed by atoms with Gasteiger partial charge in [-0.1, -0.05) is 39.3 Å². The van der Waals surface area contributed by atoms with Gasteiger partial charge in [0.25, 0.3) is 5.91 Å². The second-order valence-corrected chi connectivity index (χ2v) is 10.4. The highest BCUT2D eigenvalue weighted by molar-refractivity contribution is 6.33. The summed E-state index contributed by atoms with van der Waals surface area (Å²) < 4.78 is 5.20. The topological polar surface area (TPSA) is 131 Å². The van der Waals surface area contributed by atoms with Gasteiger partial charge in [0.1, 0.15) is 17.8 Å². The van der Waals surface area contributed by atoms with Gasteiger partial charge in [-0.15, -0.1) is 0 Å². The summed E-state index contributed by atoms with van der Waals surface area (Å²) in [6.45, 7) is 7.85. The molecule has 2 aliphatic rings. The minimum absolute atomic E-state index is 0.0586. The van der Waals surface area contributed by atoms with Gasteiger partial charge in [-0.3, -0.25) is 19.2 Å². The summed E-state index contributed by atoms with van der Waals surface area (Å²) in [5, 5.41) is 5.94. The molecule has 0 saturated carbocycles. The number of ether oxygens (including phenoxy) is 1. The number of amides is 3. The smallest absolute Gasteiger partial charge is 0.313 e. The lowest BCUT2D eigenvalue weighted by Gasteiger charge is -2.35. The number of anilines is 1. The molecule has 0 spiro atoms. The number of carbonyl (C=O) groups is 4. The average molecular weight is 505 g/mol. The number of nitrogens with zero attached hydrogens (tertiary/aromatic N) is 1. The summed E-state index contributed by atoms with van der Waals surface area (Å²) in [6.07, 6.45) is 3.63. The molecule has 10 heteroatoms. The quantitative estimate of drug-likeness (QED) is 0.403. The number of nitrogen functional groups attached to an aromatic ring is 1. The van der Waals surface area contributed by atoms with Gasteiger partial charge in [0.2, 0.25) is 11.8 Å². The Morgan fingerprint density at radius 1 is 1.31 bits per heavy atom. The first-order valence-electron chi connectivity index (χ1n) is 11.8. The van der Waals surface area contributed by atoms with Crippen molar-refractivity contribution in [2.75, 3.05) is 12.3 Å². The van der Waals surface area contributed by atoms with E-state index >= 15 is 0 Å². The highest BCUT2D eigenvalue weighted by atomic mass is 35.5. The van der Waals surface area contributed by atoms with Crippen molar-refractivity contribution in [3.63, 3.8) is 0 Å². The molecule has 0 aromatic heterocycles. The maximum absolute atomic E-state index is 13.6. The second kappa shape index (κ2) is 10.7. The standard InChI is InChI=1S/C25H33ClN4O5/c1-5-7-19-17(13-20(31)35-19)28-23(33)18-8-6-11-30(18)24(34)21(25(2,3)4)29-22(32)14-9-10-16(27)15(26)12-14/h7,9-10,12,17-18,21H,5-6,8,11,13,27H2,1-4H3,(H,28,33)(H,29,32)/b19-7-/t17?,18?,21-/m1/s1. The molecular formula is C25H33ClN4O5. The largest absolute Gasteiger partial charge is 0.429 e. The number of carbonyl (C=O) groups excluding carboxylic acids is 4. The number of benzene rings is 1. The van der Waals surface area contributed by atoms with E-state index in [0.717, 1.165) is 0 Å². The molecule has 2 heterocycles. The normalized spacial score (nSPS) is 22.1. The minimum Gasteiger partial charge on any atom is -0.429 e. The molecule has 4 N–H and O–H groups in total. The first-order valence-corrected chi connectivity index (χ1v) is 12.2. The third kappa shape index (κ3) is 6.14. The van der Waals surface area contributed by atoms with Gasteiger partial charge in [-0.2, -0.15) is 0 Å². The van der Waals surface area contributed by atoms with Gasteiger partial charge in [0, 0.05) is 12.1 Å². The molecular weight excluding hydrogens is 472 g/mol. The molecule has 1 aromatic carbocycles. The Hall–Kier alpha value is -3.07. The number of nitrogens with one attached hydrogen (secondary N) is 2. The summed E-state index contributed by atoms with van der Waals surface area (Å²) in [5.74, 6) is -1.11. The summed E-state index contributed by atoms with van der Waals surface area (Å²) in [7, 11) is 0.